The van der Waals surface area contributed by atoms with Gasteiger partial charge in [-0.15, -0.1) is 0 Å². The van der Waals surface area contributed by atoms with E-state index in [-0.39, 0.29) is 29.7 Å². The van der Waals surface area contributed by atoms with Crippen molar-refractivity contribution >= 4 is 17.5 Å². The lowest BCUT2D eigenvalue weighted by Gasteiger charge is -2.43. The number of fused-ring (bicyclic) bond motifs is 2. The SMILES string of the molecule is NC1C2CCCC1CC(C(=O)NCc1cccc(NC(=O)C3CCCC3)c1)C2. The number of anilines is 1. The first-order chi connectivity index (χ1) is 13.6. The molecule has 0 radical (unpaired) electrons. The minimum absolute atomic E-state index is 0.0975. The first-order valence-corrected chi connectivity index (χ1v) is 11.0. The van der Waals surface area contributed by atoms with E-state index in [2.05, 4.69) is 10.6 Å². The smallest absolute Gasteiger partial charge is 0.227 e. The van der Waals surface area contributed by atoms with Crippen LogP contribution in [0.3, 0.4) is 0 Å². The Balaban J connectivity index is 1.30. The van der Waals surface area contributed by atoms with Gasteiger partial charge in [0.05, 0.1) is 0 Å². The Kier molecular flexibility index (Phi) is 6.00. The predicted molar refractivity (Wildman–Crippen MR) is 110 cm³/mol. The molecule has 1 aromatic carbocycles. The van der Waals surface area contributed by atoms with E-state index in [0.29, 0.717) is 18.4 Å². The Morgan fingerprint density at radius 3 is 2.36 bits per heavy atom. The first-order valence-electron chi connectivity index (χ1n) is 11.0. The van der Waals surface area contributed by atoms with E-state index in [1.54, 1.807) is 0 Å². The Morgan fingerprint density at radius 2 is 1.64 bits per heavy atom. The van der Waals surface area contributed by atoms with E-state index in [9.17, 15) is 9.59 Å². The molecule has 0 saturated heterocycles. The zero-order valence-corrected chi connectivity index (χ0v) is 16.7. The first kappa shape index (κ1) is 19.4. The van der Waals surface area contributed by atoms with E-state index in [1.807, 2.05) is 24.3 Å². The maximum absolute atomic E-state index is 12.7. The summed E-state index contributed by atoms with van der Waals surface area (Å²) < 4.78 is 0. The van der Waals surface area contributed by atoms with Crippen molar-refractivity contribution in [3.8, 4) is 0 Å². The summed E-state index contributed by atoms with van der Waals surface area (Å²) in [7, 11) is 0. The highest BCUT2D eigenvalue weighted by Gasteiger charge is 2.40. The second-order valence-corrected chi connectivity index (χ2v) is 9.09. The molecule has 1 aromatic rings. The summed E-state index contributed by atoms with van der Waals surface area (Å²) in [5.41, 5.74) is 8.19. The highest BCUT2D eigenvalue weighted by molar-refractivity contribution is 5.92. The molecule has 3 aliphatic carbocycles. The molecule has 0 aliphatic heterocycles. The molecule has 2 amide bonds. The molecule has 5 nitrogen and oxygen atoms in total. The third-order valence-corrected chi connectivity index (χ3v) is 7.17. The van der Waals surface area contributed by atoms with Crippen LogP contribution in [-0.4, -0.2) is 17.9 Å². The van der Waals surface area contributed by atoms with Crippen molar-refractivity contribution in [3.05, 3.63) is 29.8 Å². The molecule has 3 aliphatic rings. The Hall–Kier alpha value is -1.88. The summed E-state index contributed by atoms with van der Waals surface area (Å²) in [5, 5.41) is 6.16. The van der Waals surface area contributed by atoms with Crippen LogP contribution in [0.5, 0.6) is 0 Å². The van der Waals surface area contributed by atoms with Gasteiger partial charge in [0.1, 0.15) is 0 Å². The third-order valence-electron chi connectivity index (χ3n) is 7.17. The lowest BCUT2D eigenvalue weighted by Crippen LogP contribution is -2.49. The number of nitrogens with one attached hydrogen (secondary N) is 2. The minimum atomic E-state index is 0.0975. The van der Waals surface area contributed by atoms with E-state index < -0.39 is 0 Å². The number of rotatable bonds is 5. The van der Waals surface area contributed by atoms with Gasteiger partial charge in [0, 0.05) is 30.1 Å². The van der Waals surface area contributed by atoms with Gasteiger partial charge in [-0.05, 0) is 68.1 Å². The molecule has 4 N–H and O–H groups in total. The van der Waals surface area contributed by atoms with E-state index in [1.165, 1.54) is 19.3 Å². The summed E-state index contributed by atoms with van der Waals surface area (Å²) in [6.07, 6.45) is 9.76. The van der Waals surface area contributed by atoms with Crippen LogP contribution in [-0.2, 0) is 16.1 Å². The number of carbonyl (C=O) groups excluding carboxylic acids is 2. The molecule has 2 atom stereocenters. The van der Waals surface area contributed by atoms with Gasteiger partial charge >= 0.3 is 0 Å². The number of carbonyl (C=O) groups is 2. The highest BCUT2D eigenvalue weighted by atomic mass is 16.2. The van der Waals surface area contributed by atoms with Crippen LogP contribution in [0.2, 0.25) is 0 Å². The van der Waals surface area contributed by atoms with Crippen molar-refractivity contribution in [3.63, 3.8) is 0 Å². The monoisotopic (exact) mass is 383 g/mol. The average molecular weight is 384 g/mol. The van der Waals surface area contributed by atoms with Gasteiger partial charge in [-0.1, -0.05) is 31.4 Å². The average Bonchev–Trinajstić information content (AvgIpc) is 3.21. The van der Waals surface area contributed by atoms with Crippen molar-refractivity contribution in [1.82, 2.24) is 5.32 Å². The van der Waals surface area contributed by atoms with Crippen LogP contribution in [0.15, 0.2) is 24.3 Å². The van der Waals surface area contributed by atoms with Crippen LogP contribution in [0, 0.1) is 23.7 Å². The highest BCUT2D eigenvalue weighted by Crippen LogP contribution is 2.41. The van der Waals surface area contributed by atoms with Gasteiger partial charge in [0.2, 0.25) is 11.8 Å². The standard InChI is InChI=1S/C23H33N3O2/c24-21-17-8-4-9-18(21)13-19(12-17)22(27)25-14-15-5-3-10-20(11-15)26-23(28)16-6-1-2-7-16/h3,5,10-11,16-19,21H,1-2,4,6-9,12-14,24H2,(H,25,27)(H,26,28). The minimum Gasteiger partial charge on any atom is -0.352 e. The van der Waals surface area contributed by atoms with Crippen LogP contribution < -0.4 is 16.4 Å². The fourth-order valence-electron chi connectivity index (χ4n) is 5.53. The topological polar surface area (TPSA) is 84.2 Å². The van der Waals surface area contributed by atoms with Crippen molar-refractivity contribution in [2.24, 2.45) is 29.4 Å². The largest absolute Gasteiger partial charge is 0.352 e. The second kappa shape index (κ2) is 8.64. The molecule has 3 saturated carbocycles. The zero-order valence-electron chi connectivity index (χ0n) is 16.7. The van der Waals surface area contributed by atoms with Crippen molar-refractivity contribution in [2.45, 2.75) is 70.4 Å². The van der Waals surface area contributed by atoms with Crippen molar-refractivity contribution < 1.29 is 9.59 Å². The fraction of sp³-hybridized carbons (Fsp3) is 0.652. The van der Waals surface area contributed by atoms with Crippen molar-refractivity contribution in [1.29, 1.82) is 0 Å². The van der Waals surface area contributed by atoms with Gasteiger partial charge in [-0.2, -0.15) is 0 Å². The Morgan fingerprint density at radius 1 is 0.929 bits per heavy atom. The maximum Gasteiger partial charge on any atom is 0.227 e. The molecule has 5 heteroatoms. The van der Waals surface area contributed by atoms with E-state index >= 15 is 0 Å². The summed E-state index contributed by atoms with van der Waals surface area (Å²) in [6, 6.07) is 8.12. The summed E-state index contributed by atoms with van der Waals surface area (Å²) in [6.45, 7) is 0.504. The third kappa shape index (κ3) is 4.40. The summed E-state index contributed by atoms with van der Waals surface area (Å²) >= 11 is 0. The number of benzene rings is 1. The van der Waals surface area contributed by atoms with Gasteiger partial charge in [-0.3, -0.25) is 9.59 Å². The van der Waals surface area contributed by atoms with Crippen LogP contribution >= 0.6 is 0 Å². The lowest BCUT2D eigenvalue weighted by atomic mass is 9.65. The zero-order chi connectivity index (χ0) is 19.5. The number of hydrogen-bond donors (Lipinski definition) is 3. The maximum atomic E-state index is 12.7. The molecular weight excluding hydrogens is 350 g/mol. The molecule has 28 heavy (non-hydrogen) atoms. The second-order valence-electron chi connectivity index (χ2n) is 9.09. The normalized spacial score (nSPS) is 30.0. The summed E-state index contributed by atoms with van der Waals surface area (Å²) in [4.78, 5) is 25.1. The van der Waals surface area contributed by atoms with E-state index in [0.717, 1.165) is 49.8 Å². The number of amides is 2. The van der Waals surface area contributed by atoms with Crippen LogP contribution in [0.1, 0.15) is 63.4 Å². The van der Waals surface area contributed by atoms with E-state index in [4.69, 9.17) is 5.73 Å². The van der Waals surface area contributed by atoms with Crippen molar-refractivity contribution in [2.75, 3.05) is 5.32 Å². The number of nitrogens with two attached hydrogens (primary N) is 1. The lowest BCUT2D eigenvalue weighted by molar-refractivity contribution is -0.128. The van der Waals surface area contributed by atoms with Gasteiger partial charge in [0.25, 0.3) is 0 Å². The Labute approximate surface area is 167 Å². The molecule has 2 unspecified atom stereocenters. The molecule has 0 spiro atoms. The molecular formula is C23H33N3O2. The molecule has 152 valence electrons. The Bertz CT molecular complexity index is 700. The van der Waals surface area contributed by atoms with Gasteiger partial charge < -0.3 is 16.4 Å². The van der Waals surface area contributed by atoms with Gasteiger partial charge in [-0.25, -0.2) is 0 Å². The van der Waals surface area contributed by atoms with Crippen LogP contribution in [0.4, 0.5) is 5.69 Å². The van der Waals surface area contributed by atoms with Crippen LogP contribution in [0.25, 0.3) is 0 Å². The molecule has 0 aromatic heterocycles. The fourth-order valence-corrected chi connectivity index (χ4v) is 5.53. The quantitative estimate of drug-likeness (QED) is 0.726. The predicted octanol–water partition coefficient (Wildman–Crippen LogP) is 3.59. The number of hydrogen-bond acceptors (Lipinski definition) is 3. The molecule has 2 bridgehead atoms. The molecule has 0 heterocycles. The molecule has 4 rings (SSSR count). The van der Waals surface area contributed by atoms with Gasteiger partial charge in [0.15, 0.2) is 0 Å². The molecule has 3 fully saturated rings. The summed E-state index contributed by atoms with van der Waals surface area (Å²) in [5.74, 6) is 1.56.